The van der Waals surface area contributed by atoms with Crippen molar-refractivity contribution in [3.8, 4) is 0 Å². The summed E-state index contributed by atoms with van der Waals surface area (Å²) in [6.07, 6.45) is -24.0. The van der Waals surface area contributed by atoms with Gasteiger partial charge in [0.25, 0.3) is 11.2 Å². The van der Waals surface area contributed by atoms with Gasteiger partial charge in [-0.2, -0.15) is 52.7 Å². The highest BCUT2D eigenvalue weighted by molar-refractivity contribution is 5.70. The van der Waals surface area contributed by atoms with Crippen LogP contribution in [0.25, 0.3) is 0 Å². The average molecular weight is 719 g/mol. The Bertz CT molecular complexity index is 1310. The van der Waals surface area contributed by atoms with Gasteiger partial charge in [0.05, 0.1) is 19.4 Å². The lowest BCUT2D eigenvalue weighted by Gasteiger charge is -2.33. The number of nitrogens with zero attached hydrogens (tertiary/aromatic N) is 2. The van der Waals surface area contributed by atoms with Crippen molar-refractivity contribution in [3.63, 3.8) is 0 Å². The van der Waals surface area contributed by atoms with E-state index in [0.717, 1.165) is 24.3 Å². The minimum atomic E-state index is -5.94. The Labute approximate surface area is 265 Å². The molecule has 20 heteroatoms. The maximum absolute atomic E-state index is 12.8. The van der Waals surface area contributed by atoms with Crippen molar-refractivity contribution >= 4 is 23.3 Å². The molecule has 0 heterocycles. The number of ether oxygens (including phenoxy) is 1. The van der Waals surface area contributed by atoms with Crippen LogP contribution in [0.2, 0.25) is 0 Å². The van der Waals surface area contributed by atoms with Crippen LogP contribution in [-0.4, -0.2) is 85.8 Å². The summed E-state index contributed by atoms with van der Waals surface area (Å²) in [5.74, 6) is -1.58. The van der Waals surface area contributed by atoms with Gasteiger partial charge in [-0.1, -0.05) is 24.3 Å². The molecule has 0 radical (unpaired) electrons. The monoisotopic (exact) mass is 718 g/mol. The SMILES string of the molecule is CCOC(=O)CCN(C)c1ccc(C(O)(C(F)(F)F)C(F)(F)F)cc1.CN(CCC(=O)O)c1ccc(C(O)(C(F)(F)F)C(F)(F)F)cc1. The first-order valence-electron chi connectivity index (χ1n) is 13.4. The van der Waals surface area contributed by atoms with Gasteiger partial charge in [-0.15, -0.1) is 0 Å². The fraction of sp³-hybridized carbons (Fsp3) is 0.500. The smallest absolute Gasteiger partial charge is 0.430 e. The largest absolute Gasteiger partial charge is 0.481 e. The van der Waals surface area contributed by atoms with Crippen LogP contribution < -0.4 is 9.80 Å². The molecule has 0 amide bonds. The molecule has 0 bridgehead atoms. The molecule has 0 aromatic heterocycles. The van der Waals surface area contributed by atoms with Gasteiger partial charge in [0.2, 0.25) is 0 Å². The first kappa shape index (κ1) is 42.1. The number of benzene rings is 2. The predicted octanol–water partition coefficient (Wildman–Crippen LogP) is 6.30. The van der Waals surface area contributed by atoms with Crippen LogP contribution in [0.3, 0.4) is 0 Å². The first-order chi connectivity index (χ1) is 21.6. The molecule has 0 spiro atoms. The quantitative estimate of drug-likeness (QED) is 0.184. The molecule has 48 heavy (non-hydrogen) atoms. The molecule has 0 fully saturated rings. The number of esters is 1. The Kier molecular flexibility index (Phi) is 13.6. The van der Waals surface area contributed by atoms with Crippen LogP contribution in [0, 0.1) is 0 Å². The van der Waals surface area contributed by atoms with Crippen LogP contribution in [0.1, 0.15) is 30.9 Å². The number of carbonyl (C=O) groups is 2. The number of aliphatic hydroxyl groups is 2. The molecule has 0 aliphatic heterocycles. The van der Waals surface area contributed by atoms with Gasteiger partial charge in [-0.25, -0.2) is 0 Å². The Balaban J connectivity index is 0.000000482. The van der Waals surface area contributed by atoms with E-state index in [4.69, 9.17) is 9.84 Å². The molecule has 0 aliphatic rings. The molecule has 2 aromatic carbocycles. The standard InChI is InChI=1S/C15H17F6NO3.C13H13F6NO3/c1-3-25-12(23)8-9-22(2)11-6-4-10(5-7-11)13(24,14(16,17)18)15(19,20)21;1-20(7-6-10(21)22)9-4-2-8(3-5-9)11(23,12(14,15)16)13(17,18)19/h4-7,24H,3,8-9H2,1-2H3;2-5,23H,6-7H2,1H3,(H,21,22). The number of alkyl halides is 12. The zero-order valence-corrected chi connectivity index (χ0v) is 25.2. The average Bonchev–Trinajstić information content (AvgIpc) is 2.96. The Morgan fingerprint density at radius 2 is 0.896 bits per heavy atom. The normalized spacial score (nSPS) is 12.9. The molecular formula is C28H30F12N2O6. The number of aliphatic carboxylic acids is 1. The van der Waals surface area contributed by atoms with Crippen molar-refractivity contribution < 1.29 is 82.3 Å². The topological polar surface area (TPSA) is 111 Å². The summed E-state index contributed by atoms with van der Waals surface area (Å²) in [4.78, 5) is 24.5. The number of anilines is 2. The zero-order valence-electron chi connectivity index (χ0n) is 25.2. The van der Waals surface area contributed by atoms with Gasteiger partial charge < -0.3 is 29.9 Å². The molecule has 0 saturated heterocycles. The molecule has 0 saturated carbocycles. The van der Waals surface area contributed by atoms with Crippen LogP contribution in [-0.2, 0) is 25.5 Å². The third-order valence-electron chi connectivity index (χ3n) is 6.71. The number of carboxylic acid groups (broad SMARTS) is 1. The summed E-state index contributed by atoms with van der Waals surface area (Å²) in [5, 5.41) is 27.0. The van der Waals surface area contributed by atoms with Crippen LogP contribution in [0.15, 0.2) is 48.5 Å². The molecular weight excluding hydrogens is 688 g/mol. The van der Waals surface area contributed by atoms with Crippen molar-refractivity contribution in [3.05, 3.63) is 59.7 Å². The van der Waals surface area contributed by atoms with E-state index in [-0.39, 0.29) is 43.9 Å². The number of carbonyl (C=O) groups excluding carboxylic acids is 1. The Morgan fingerprint density at radius 1 is 0.604 bits per heavy atom. The van der Waals surface area contributed by atoms with E-state index in [1.165, 1.54) is 23.9 Å². The Morgan fingerprint density at radius 3 is 1.15 bits per heavy atom. The number of halogens is 12. The first-order valence-corrected chi connectivity index (χ1v) is 13.4. The van der Waals surface area contributed by atoms with Crippen molar-refractivity contribution in [1.29, 1.82) is 0 Å². The van der Waals surface area contributed by atoms with Gasteiger partial charge in [0.1, 0.15) is 0 Å². The van der Waals surface area contributed by atoms with Crippen molar-refractivity contribution in [2.75, 3.05) is 43.6 Å². The maximum Gasteiger partial charge on any atom is 0.430 e. The third kappa shape index (κ3) is 9.80. The molecule has 8 nitrogen and oxygen atoms in total. The lowest BCUT2D eigenvalue weighted by atomic mass is 9.92. The molecule has 272 valence electrons. The third-order valence-corrected chi connectivity index (χ3v) is 6.71. The van der Waals surface area contributed by atoms with Gasteiger partial charge in [0.15, 0.2) is 0 Å². The fourth-order valence-corrected chi connectivity index (χ4v) is 3.90. The van der Waals surface area contributed by atoms with Crippen LogP contribution >= 0.6 is 0 Å². The summed E-state index contributed by atoms with van der Waals surface area (Å²) in [5.41, 5.74) is -12.1. The summed E-state index contributed by atoms with van der Waals surface area (Å²) >= 11 is 0. The van der Waals surface area contributed by atoms with E-state index >= 15 is 0 Å². The highest BCUT2D eigenvalue weighted by Crippen LogP contribution is 2.51. The van der Waals surface area contributed by atoms with E-state index in [1.54, 1.807) is 6.92 Å². The van der Waals surface area contributed by atoms with E-state index < -0.39 is 59.0 Å². The Hall–Kier alpha value is -3.94. The lowest BCUT2D eigenvalue weighted by Crippen LogP contribution is -2.53. The second kappa shape index (κ2) is 15.5. The molecule has 0 aliphatic carbocycles. The second-order valence-electron chi connectivity index (χ2n) is 10.0. The number of rotatable bonds is 11. The molecule has 2 aromatic rings. The van der Waals surface area contributed by atoms with Crippen molar-refractivity contribution in [1.82, 2.24) is 0 Å². The highest BCUT2D eigenvalue weighted by atomic mass is 19.4. The second-order valence-corrected chi connectivity index (χ2v) is 10.0. The highest BCUT2D eigenvalue weighted by Gasteiger charge is 2.72. The predicted molar refractivity (Wildman–Crippen MR) is 145 cm³/mol. The van der Waals surface area contributed by atoms with Crippen molar-refractivity contribution in [2.24, 2.45) is 0 Å². The zero-order chi connectivity index (χ0) is 37.5. The lowest BCUT2D eigenvalue weighted by molar-refractivity contribution is -0.376. The van der Waals surface area contributed by atoms with E-state index in [9.17, 15) is 72.5 Å². The van der Waals surface area contributed by atoms with E-state index in [0.29, 0.717) is 24.3 Å². The van der Waals surface area contributed by atoms with E-state index in [1.807, 2.05) is 0 Å². The number of carboxylic acids is 1. The molecule has 0 atom stereocenters. The number of hydrogen-bond acceptors (Lipinski definition) is 7. The minimum Gasteiger partial charge on any atom is -0.481 e. The number of hydrogen-bond donors (Lipinski definition) is 3. The van der Waals surface area contributed by atoms with Crippen LogP contribution in [0.4, 0.5) is 64.1 Å². The summed E-state index contributed by atoms with van der Waals surface area (Å²) in [7, 11) is 2.94. The van der Waals surface area contributed by atoms with E-state index in [2.05, 4.69) is 0 Å². The van der Waals surface area contributed by atoms with Gasteiger partial charge >= 0.3 is 36.6 Å². The molecule has 0 unspecified atom stereocenters. The summed E-state index contributed by atoms with van der Waals surface area (Å²) < 4.78 is 158. The molecule has 3 N–H and O–H groups in total. The van der Waals surface area contributed by atoms with Gasteiger partial charge in [-0.3, -0.25) is 9.59 Å². The van der Waals surface area contributed by atoms with Gasteiger partial charge in [-0.05, 0) is 31.2 Å². The van der Waals surface area contributed by atoms with Crippen LogP contribution in [0.5, 0.6) is 0 Å². The maximum atomic E-state index is 12.8. The summed E-state index contributed by atoms with van der Waals surface area (Å²) in [6.45, 7) is 1.99. The minimum absolute atomic E-state index is 0.00112. The fourth-order valence-electron chi connectivity index (χ4n) is 3.90. The van der Waals surface area contributed by atoms with Gasteiger partial charge in [0, 0.05) is 49.7 Å². The molecule has 2 rings (SSSR count). The summed E-state index contributed by atoms with van der Waals surface area (Å²) in [6, 6.07) is 6.01. The van der Waals surface area contributed by atoms with Crippen molar-refractivity contribution in [2.45, 2.75) is 55.7 Å².